The van der Waals surface area contributed by atoms with E-state index < -0.39 is 25.9 Å². The van der Waals surface area contributed by atoms with Gasteiger partial charge in [-0.15, -0.1) is 0 Å². The molecule has 0 amide bonds. The van der Waals surface area contributed by atoms with E-state index in [4.69, 9.17) is 0 Å². The summed E-state index contributed by atoms with van der Waals surface area (Å²) in [6.45, 7) is 2.64. The molecule has 0 spiro atoms. The predicted octanol–water partition coefficient (Wildman–Crippen LogP) is 3.11. The van der Waals surface area contributed by atoms with Crippen LogP contribution in [0.2, 0.25) is 0 Å². The second-order valence-corrected chi connectivity index (χ2v) is 10.1. The molecule has 0 unspecified atom stereocenters. The van der Waals surface area contributed by atoms with E-state index in [-0.39, 0.29) is 15.5 Å². The quantitative estimate of drug-likeness (QED) is 0.818. The molecule has 6 nitrogen and oxygen atoms in total. The summed E-state index contributed by atoms with van der Waals surface area (Å²) in [5.41, 5.74) is 0.508. The summed E-state index contributed by atoms with van der Waals surface area (Å²) in [5.74, 6) is -0.678. The van der Waals surface area contributed by atoms with Crippen molar-refractivity contribution in [3.05, 3.63) is 53.8 Å². The fourth-order valence-corrected chi connectivity index (χ4v) is 5.54. The van der Waals surface area contributed by atoms with Crippen LogP contribution in [-0.2, 0) is 20.0 Å². The van der Waals surface area contributed by atoms with Crippen molar-refractivity contribution in [2.24, 2.45) is 0 Å². The Morgan fingerprint density at radius 1 is 0.889 bits per heavy atom. The van der Waals surface area contributed by atoms with Gasteiger partial charge in [0.25, 0.3) is 10.0 Å². The minimum Gasteiger partial charge on any atom is -0.277 e. The Morgan fingerprint density at radius 3 is 2.07 bits per heavy atom. The molecule has 1 aliphatic heterocycles. The number of rotatable bonds is 5. The van der Waals surface area contributed by atoms with Crippen molar-refractivity contribution in [3.8, 4) is 0 Å². The van der Waals surface area contributed by atoms with Crippen LogP contribution in [0.25, 0.3) is 0 Å². The number of halogens is 1. The first-order valence-corrected chi connectivity index (χ1v) is 11.5. The summed E-state index contributed by atoms with van der Waals surface area (Å²) >= 11 is 0. The summed E-state index contributed by atoms with van der Waals surface area (Å²) in [4.78, 5) is -0.0927. The van der Waals surface area contributed by atoms with Crippen molar-refractivity contribution in [2.45, 2.75) is 36.0 Å². The number of anilines is 1. The molecule has 0 aliphatic carbocycles. The largest absolute Gasteiger partial charge is 0.277 e. The van der Waals surface area contributed by atoms with Gasteiger partial charge in [0.2, 0.25) is 10.0 Å². The van der Waals surface area contributed by atoms with Crippen molar-refractivity contribution >= 4 is 25.7 Å². The van der Waals surface area contributed by atoms with Gasteiger partial charge in [-0.3, -0.25) is 4.72 Å². The number of hydrogen-bond acceptors (Lipinski definition) is 4. The molecule has 0 aromatic heterocycles. The lowest BCUT2D eigenvalue weighted by Crippen LogP contribution is -2.35. The molecule has 0 atom stereocenters. The molecule has 0 radical (unpaired) electrons. The van der Waals surface area contributed by atoms with Gasteiger partial charge < -0.3 is 0 Å². The Kier molecular flexibility index (Phi) is 5.55. The maximum Gasteiger partial charge on any atom is 0.261 e. The molecule has 1 aliphatic rings. The average molecular weight is 413 g/mol. The molecule has 1 saturated heterocycles. The van der Waals surface area contributed by atoms with Gasteiger partial charge in [0.05, 0.1) is 15.5 Å². The molecule has 2 aromatic rings. The van der Waals surface area contributed by atoms with Crippen LogP contribution in [0.5, 0.6) is 0 Å². The molecule has 0 saturated carbocycles. The third kappa shape index (κ3) is 4.31. The van der Waals surface area contributed by atoms with E-state index in [0.29, 0.717) is 18.7 Å². The number of nitrogens with one attached hydrogen (secondary N) is 1. The second kappa shape index (κ2) is 7.57. The highest BCUT2D eigenvalue weighted by atomic mass is 32.2. The zero-order valence-corrected chi connectivity index (χ0v) is 16.5. The average Bonchev–Trinajstić information content (AvgIpc) is 2.65. The topological polar surface area (TPSA) is 83.5 Å². The minimum atomic E-state index is -4.03. The molecule has 9 heteroatoms. The summed E-state index contributed by atoms with van der Waals surface area (Å²) in [5, 5.41) is 0. The number of benzene rings is 2. The van der Waals surface area contributed by atoms with Crippen LogP contribution in [0.1, 0.15) is 24.8 Å². The van der Waals surface area contributed by atoms with Gasteiger partial charge in [-0.25, -0.2) is 21.2 Å². The molecule has 1 fully saturated rings. The van der Waals surface area contributed by atoms with Gasteiger partial charge in [-0.05, 0) is 61.7 Å². The number of nitrogens with zero attached hydrogens (tertiary/aromatic N) is 1. The lowest BCUT2D eigenvalue weighted by atomic mass is 10.2. The van der Waals surface area contributed by atoms with E-state index in [9.17, 15) is 21.2 Å². The van der Waals surface area contributed by atoms with Crippen molar-refractivity contribution in [3.63, 3.8) is 0 Å². The first-order valence-electron chi connectivity index (χ1n) is 8.59. The molecule has 1 N–H and O–H groups in total. The monoisotopic (exact) mass is 412 g/mol. The molecule has 2 aromatic carbocycles. The molecule has 3 rings (SSSR count). The van der Waals surface area contributed by atoms with Crippen molar-refractivity contribution in [2.75, 3.05) is 17.8 Å². The molecule has 27 heavy (non-hydrogen) atoms. The Balaban J connectivity index is 1.83. The van der Waals surface area contributed by atoms with Gasteiger partial charge in [0, 0.05) is 13.1 Å². The molecule has 1 heterocycles. The van der Waals surface area contributed by atoms with Crippen molar-refractivity contribution in [1.82, 2.24) is 4.31 Å². The number of sulfonamides is 2. The Labute approximate surface area is 159 Å². The maximum atomic E-state index is 13.9. The normalized spacial score (nSPS) is 16.2. The van der Waals surface area contributed by atoms with Gasteiger partial charge in [-0.1, -0.05) is 12.5 Å². The first kappa shape index (κ1) is 19.8. The Bertz CT molecular complexity index is 1030. The smallest absolute Gasteiger partial charge is 0.261 e. The maximum absolute atomic E-state index is 13.9. The molecular weight excluding hydrogens is 391 g/mol. The third-order valence-corrected chi connectivity index (χ3v) is 7.75. The number of piperidine rings is 1. The standard InChI is InChI=1S/C18H21FN2O4S2/c1-14-5-10-18(17(19)13-14)20-26(22,23)15-6-8-16(9-7-15)27(24,25)21-11-3-2-4-12-21/h5-10,13,20H,2-4,11-12H2,1H3. The van der Waals surface area contributed by atoms with E-state index in [1.54, 1.807) is 13.0 Å². The zero-order valence-electron chi connectivity index (χ0n) is 14.9. The van der Waals surface area contributed by atoms with E-state index >= 15 is 0 Å². The van der Waals surface area contributed by atoms with Crippen LogP contribution in [-0.4, -0.2) is 34.2 Å². The Hall–Kier alpha value is -1.97. The molecular formula is C18H21FN2O4S2. The summed E-state index contributed by atoms with van der Waals surface area (Å²) in [6, 6.07) is 9.13. The SMILES string of the molecule is Cc1ccc(NS(=O)(=O)c2ccc(S(=O)(=O)N3CCCCC3)cc2)c(F)c1. The van der Waals surface area contributed by atoms with E-state index in [1.807, 2.05) is 0 Å². The van der Waals surface area contributed by atoms with Crippen LogP contribution < -0.4 is 4.72 Å². The highest BCUT2D eigenvalue weighted by molar-refractivity contribution is 7.92. The summed E-state index contributed by atoms with van der Waals surface area (Å²) in [6.07, 6.45) is 2.64. The van der Waals surface area contributed by atoms with Gasteiger partial charge in [0.1, 0.15) is 5.82 Å². The Morgan fingerprint density at radius 2 is 1.48 bits per heavy atom. The van der Waals surface area contributed by atoms with Gasteiger partial charge in [-0.2, -0.15) is 4.31 Å². The zero-order chi connectivity index (χ0) is 19.7. The van der Waals surface area contributed by atoms with Crippen LogP contribution in [0, 0.1) is 12.7 Å². The first-order chi connectivity index (χ1) is 12.7. The van der Waals surface area contributed by atoms with Crippen LogP contribution in [0.15, 0.2) is 52.3 Å². The third-order valence-electron chi connectivity index (χ3n) is 4.46. The van der Waals surface area contributed by atoms with E-state index in [1.165, 1.54) is 40.7 Å². The van der Waals surface area contributed by atoms with Gasteiger partial charge in [0.15, 0.2) is 0 Å². The summed E-state index contributed by atoms with van der Waals surface area (Å²) < 4.78 is 67.7. The van der Waals surface area contributed by atoms with Crippen LogP contribution in [0.4, 0.5) is 10.1 Å². The van der Waals surface area contributed by atoms with Gasteiger partial charge >= 0.3 is 0 Å². The van der Waals surface area contributed by atoms with E-state index in [2.05, 4.69) is 4.72 Å². The lowest BCUT2D eigenvalue weighted by molar-refractivity contribution is 0.346. The van der Waals surface area contributed by atoms with Crippen LogP contribution in [0.3, 0.4) is 0 Å². The predicted molar refractivity (Wildman–Crippen MR) is 101 cm³/mol. The lowest BCUT2D eigenvalue weighted by Gasteiger charge is -2.25. The van der Waals surface area contributed by atoms with Crippen molar-refractivity contribution < 1.29 is 21.2 Å². The fraction of sp³-hybridized carbons (Fsp3) is 0.333. The molecule has 146 valence electrons. The molecule has 0 bridgehead atoms. The van der Waals surface area contributed by atoms with Crippen LogP contribution >= 0.6 is 0 Å². The highest BCUT2D eigenvalue weighted by Crippen LogP contribution is 2.24. The summed E-state index contributed by atoms with van der Waals surface area (Å²) in [7, 11) is -7.67. The minimum absolute atomic E-state index is 0.0462. The number of hydrogen-bond donors (Lipinski definition) is 1. The number of aryl methyl sites for hydroxylation is 1. The fourth-order valence-electron chi connectivity index (χ4n) is 2.95. The van der Waals surface area contributed by atoms with Crippen molar-refractivity contribution in [1.29, 1.82) is 0 Å². The highest BCUT2D eigenvalue weighted by Gasteiger charge is 2.26. The van der Waals surface area contributed by atoms with E-state index in [0.717, 1.165) is 19.3 Å². The second-order valence-electron chi connectivity index (χ2n) is 6.52.